The summed E-state index contributed by atoms with van der Waals surface area (Å²) in [5.41, 5.74) is -0.413. The highest BCUT2D eigenvalue weighted by atomic mass is 32.2. The number of aromatic nitrogens is 2. The maximum atomic E-state index is 13.2. The summed E-state index contributed by atoms with van der Waals surface area (Å²) in [5.74, 6) is 0. The van der Waals surface area contributed by atoms with Crippen molar-refractivity contribution in [3.63, 3.8) is 0 Å². The molecule has 1 aromatic carbocycles. The molecule has 1 aromatic heterocycles. The van der Waals surface area contributed by atoms with E-state index in [-0.39, 0.29) is 30.4 Å². The second-order valence-corrected chi connectivity index (χ2v) is 9.49. The van der Waals surface area contributed by atoms with Crippen molar-refractivity contribution in [3.8, 4) is 6.01 Å². The first kappa shape index (κ1) is 21.5. The molecule has 6 nitrogen and oxygen atoms in total. The minimum Gasteiger partial charge on any atom is -0.464 e. The Balaban J connectivity index is 1.89. The summed E-state index contributed by atoms with van der Waals surface area (Å²) >= 11 is 0. The number of alkyl halides is 3. The summed E-state index contributed by atoms with van der Waals surface area (Å²) in [6.07, 6.45) is -1.96. The second kappa shape index (κ2) is 7.91. The molecule has 29 heavy (non-hydrogen) atoms. The Morgan fingerprint density at radius 2 is 1.97 bits per heavy atom. The van der Waals surface area contributed by atoms with Gasteiger partial charge in [-0.15, -0.1) is 0 Å². The maximum Gasteiger partial charge on any atom is 0.416 e. The fourth-order valence-electron chi connectivity index (χ4n) is 3.25. The minimum absolute atomic E-state index is 0.0723. The first-order valence-electron chi connectivity index (χ1n) is 9.05. The van der Waals surface area contributed by atoms with E-state index in [1.54, 1.807) is 6.92 Å². The van der Waals surface area contributed by atoms with Gasteiger partial charge in [0.2, 0.25) is 0 Å². The van der Waals surface area contributed by atoms with Crippen LogP contribution in [0.15, 0.2) is 41.6 Å². The van der Waals surface area contributed by atoms with Crippen LogP contribution in [0.5, 0.6) is 6.01 Å². The topological polar surface area (TPSA) is 78.4 Å². The van der Waals surface area contributed by atoms with Gasteiger partial charge in [-0.3, -0.25) is 0 Å². The van der Waals surface area contributed by atoms with E-state index in [0.29, 0.717) is 18.2 Å². The number of benzene rings is 1. The fraction of sp³-hybridized carbons (Fsp3) is 0.474. The van der Waals surface area contributed by atoms with Crippen LogP contribution in [0, 0.1) is 0 Å². The van der Waals surface area contributed by atoms with E-state index in [9.17, 15) is 21.6 Å². The summed E-state index contributed by atoms with van der Waals surface area (Å²) in [7, 11) is -4.05. The molecule has 2 aromatic rings. The standard InChI is InChI=1S/C19H21F3N2O4S/c1-3-27-17-23-11-13(12-24-17)16-10-18(2,7-8-28-16)29(25,26)15-6-4-5-14(9-15)19(20,21)22/h4-6,9,11-12,16H,3,7-8,10H2,1-2H3. The van der Waals surface area contributed by atoms with Crippen molar-refractivity contribution < 1.29 is 31.1 Å². The van der Waals surface area contributed by atoms with Crippen molar-refractivity contribution in [1.82, 2.24) is 9.97 Å². The summed E-state index contributed by atoms with van der Waals surface area (Å²) in [6.45, 7) is 3.89. The van der Waals surface area contributed by atoms with Gasteiger partial charge in [0, 0.05) is 24.6 Å². The lowest BCUT2D eigenvalue weighted by atomic mass is 9.94. The Hall–Kier alpha value is -2.20. The molecule has 0 aliphatic carbocycles. The Morgan fingerprint density at radius 1 is 1.28 bits per heavy atom. The van der Waals surface area contributed by atoms with Gasteiger partial charge < -0.3 is 9.47 Å². The first-order valence-corrected chi connectivity index (χ1v) is 10.5. The number of nitrogens with zero attached hydrogens (tertiary/aromatic N) is 2. The maximum absolute atomic E-state index is 13.2. The van der Waals surface area contributed by atoms with Gasteiger partial charge in [-0.05, 0) is 44.9 Å². The van der Waals surface area contributed by atoms with Crippen LogP contribution in [-0.4, -0.2) is 36.3 Å². The molecule has 0 radical (unpaired) electrons. The molecular formula is C19H21F3N2O4S. The molecule has 158 valence electrons. The van der Waals surface area contributed by atoms with Crippen LogP contribution in [-0.2, 0) is 20.8 Å². The van der Waals surface area contributed by atoms with E-state index >= 15 is 0 Å². The Morgan fingerprint density at radius 3 is 2.59 bits per heavy atom. The van der Waals surface area contributed by atoms with Crippen molar-refractivity contribution >= 4 is 9.84 Å². The molecule has 0 spiro atoms. The number of halogens is 3. The molecule has 0 N–H and O–H groups in total. The third kappa shape index (κ3) is 4.37. The Bertz CT molecular complexity index is 964. The van der Waals surface area contributed by atoms with Gasteiger partial charge in [-0.2, -0.15) is 13.2 Å². The predicted octanol–water partition coefficient (Wildman–Crippen LogP) is 3.98. The molecule has 2 heterocycles. The quantitative estimate of drug-likeness (QED) is 0.714. The van der Waals surface area contributed by atoms with Crippen molar-refractivity contribution in [1.29, 1.82) is 0 Å². The molecule has 2 atom stereocenters. The average molecular weight is 430 g/mol. The van der Waals surface area contributed by atoms with E-state index in [1.807, 2.05) is 0 Å². The first-order chi connectivity index (χ1) is 13.6. The van der Waals surface area contributed by atoms with Gasteiger partial charge in [-0.25, -0.2) is 18.4 Å². The van der Waals surface area contributed by atoms with E-state index in [1.165, 1.54) is 25.4 Å². The summed E-state index contributed by atoms with van der Waals surface area (Å²) in [5, 5.41) is 0. The summed E-state index contributed by atoms with van der Waals surface area (Å²) in [4.78, 5) is 7.78. The van der Waals surface area contributed by atoms with Gasteiger partial charge in [0.1, 0.15) is 0 Å². The smallest absolute Gasteiger partial charge is 0.416 e. The van der Waals surface area contributed by atoms with Crippen LogP contribution in [0.2, 0.25) is 0 Å². The highest BCUT2D eigenvalue weighted by molar-refractivity contribution is 7.92. The van der Waals surface area contributed by atoms with Gasteiger partial charge in [0.25, 0.3) is 0 Å². The molecule has 2 unspecified atom stereocenters. The lowest BCUT2D eigenvalue weighted by Gasteiger charge is -2.37. The van der Waals surface area contributed by atoms with Gasteiger partial charge in [0.15, 0.2) is 9.84 Å². The molecule has 3 rings (SSSR count). The van der Waals surface area contributed by atoms with E-state index in [2.05, 4.69) is 9.97 Å². The predicted molar refractivity (Wildman–Crippen MR) is 98.2 cm³/mol. The molecular weight excluding hydrogens is 409 g/mol. The van der Waals surface area contributed by atoms with Crippen LogP contribution >= 0.6 is 0 Å². The van der Waals surface area contributed by atoms with Gasteiger partial charge in [-0.1, -0.05) is 6.07 Å². The van der Waals surface area contributed by atoms with Crippen LogP contribution in [0.25, 0.3) is 0 Å². The van der Waals surface area contributed by atoms with Gasteiger partial charge >= 0.3 is 12.2 Å². The lowest BCUT2D eigenvalue weighted by molar-refractivity contribution is -0.137. The number of rotatable bonds is 5. The number of hydrogen-bond acceptors (Lipinski definition) is 6. The molecule has 1 aliphatic heterocycles. The van der Waals surface area contributed by atoms with Crippen molar-refractivity contribution in [2.24, 2.45) is 0 Å². The number of hydrogen-bond donors (Lipinski definition) is 0. The average Bonchev–Trinajstić information content (AvgIpc) is 2.68. The third-order valence-electron chi connectivity index (χ3n) is 4.98. The lowest BCUT2D eigenvalue weighted by Crippen LogP contribution is -2.42. The fourth-order valence-corrected chi connectivity index (χ4v) is 5.08. The molecule has 1 fully saturated rings. The van der Waals surface area contributed by atoms with Crippen LogP contribution in [0.1, 0.15) is 43.9 Å². The monoisotopic (exact) mass is 430 g/mol. The van der Waals surface area contributed by atoms with Crippen LogP contribution < -0.4 is 4.74 Å². The van der Waals surface area contributed by atoms with Crippen molar-refractivity contribution in [2.75, 3.05) is 13.2 Å². The summed E-state index contributed by atoms with van der Waals surface area (Å²) in [6, 6.07) is 4.04. The van der Waals surface area contributed by atoms with Crippen molar-refractivity contribution in [2.45, 2.75) is 48.6 Å². The Kier molecular flexibility index (Phi) is 5.86. The zero-order chi connectivity index (χ0) is 21.3. The molecule has 1 saturated heterocycles. The molecule has 10 heteroatoms. The number of ether oxygens (including phenoxy) is 2. The zero-order valence-corrected chi connectivity index (χ0v) is 16.8. The normalized spacial score (nSPS) is 23.0. The van der Waals surface area contributed by atoms with Gasteiger partial charge in [0.05, 0.1) is 27.9 Å². The highest BCUT2D eigenvalue weighted by Gasteiger charge is 2.45. The van der Waals surface area contributed by atoms with E-state index < -0.39 is 32.4 Å². The minimum atomic E-state index is -4.62. The third-order valence-corrected chi connectivity index (χ3v) is 7.52. The van der Waals surface area contributed by atoms with Crippen LogP contribution in [0.4, 0.5) is 13.2 Å². The second-order valence-electron chi connectivity index (χ2n) is 7.02. The van der Waals surface area contributed by atoms with Crippen molar-refractivity contribution in [3.05, 3.63) is 47.8 Å². The molecule has 0 bridgehead atoms. The highest BCUT2D eigenvalue weighted by Crippen LogP contribution is 2.42. The number of sulfone groups is 1. The molecule has 0 saturated carbocycles. The zero-order valence-electron chi connectivity index (χ0n) is 15.9. The Labute approximate surface area is 167 Å². The van der Waals surface area contributed by atoms with E-state index in [0.717, 1.165) is 12.1 Å². The SMILES string of the molecule is CCOc1ncc(C2CC(C)(S(=O)(=O)c3cccc(C(F)(F)F)c3)CCO2)cn1. The molecule has 1 aliphatic rings. The summed E-state index contributed by atoms with van der Waals surface area (Å²) < 4.78 is 75.1. The largest absolute Gasteiger partial charge is 0.464 e. The molecule has 0 amide bonds. The van der Waals surface area contributed by atoms with Crippen LogP contribution in [0.3, 0.4) is 0 Å². The van der Waals surface area contributed by atoms with E-state index in [4.69, 9.17) is 9.47 Å².